The molecule has 0 aliphatic carbocycles. The summed E-state index contributed by atoms with van der Waals surface area (Å²) in [7, 11) is 0. The van der Waals surface area contributed by atoms with Crippen molar-refractivity contribution >= 4 is 5.97 Å². The zero-order valence-electron chi connectivity index (χ0n) is 10.8. The average molecular weight is 294 g/mol. The summed E-state index contributed by atoms with van der Waals surface area (Å²) in [5, 5.41) is 18.0. The van der Waals surface area contributed by atoms with Crippen LogP contribution in [0.3, 0.4) is 0 Å². The Balaban J connectivity index is 2.74. The molecule has 0 aliphatic rings. The summed E-state index contributed by atoms with van der Waals surface area (Å²) in [5.74, 6) is -1.67. The Kier molecular flexibility index (Phi) is 3.47. The predicted molar refractivity (Wildman–Crippen MR) is 67.2 cm³/mol. The molecular formula is C14H9F3N2O2. The smallest absolute Gasteiger partial charge is 0.418 e. The highest BCUT2D eigenvalue weighted by Gasteiger charge is 2.37. The number of nitriles is 1. The van der Waals surface area contributed by atoms with E-state index in [0.717, 1.165) is 10.8 Å². The van der Waals surface area contributed by atoms with Crippen LogP contribution in [-0.2, 0) is 6.18 Å². The van der Waals surface area contributed by atoms with Gasteiger partial charge in [0.25, 0.3) is 0 Å². The minimum atomic E-state index is -4.78. The maximum absolute atomic E-state index is 12.9. The van der Waals surface area contributed by atoms with Crippen molar-refractivity contribution in [3.05, 3.63) is 52.8 Å². The van der Waals surface area contributed by atoms with Crippen molar-refractivity contribution in [3.8, 4) is 11.8 Å². The van der Waals surface area contributed by atoms with Gasteiger partial charge in [0.1, 0.15) is 6.07 Å². The van der Waals surface area contributed by atoms with E-state index < -0.39 is 23.3 Å². The molecule has 0 saturated carbocycles. The number of alkyl halides is 3. The van der Waals surface area contributed by atoms with Gasteiger partial charge in [0.15, 0.2) is 0 Å². The van der Waals surface area contributed by atoms with Crippen molar-refractivity contribution < 1.29 is 23.1 Å². The number of hydrogen-bond acceptors (Lipinski definition) is 2. The highest BCUT2D eigenvalue weighted by atomic mass is 19.4. The molecule has 0 aliphatic heterocycles. The molecule has 2 rings (SSSR count). The lowest BCUT2D eigenvalue weighted by Crippen LogP contribution is -2.09. The zero-order chi connectivity index (χ0) is 15.8. The third-order valence-corrected chi connectivity index (χ3v) is 2.98. The Morgan fingerprint density at radius 3 is 2.48 bits per heavy atom. The first-order valence-electron chi connectivity index (χ1n) is 5.78. The number of carboxylic acid groups (broad SMARTS) is 1. The number of benzene rings is 1. The van der Waals surface area contributed by atoms with Gasteiger partial charge in [0.2, 0.25) is 0 Å². The van der Waals surface area contributed by atoms with Gasteiger partial charge in [0, 0.05) is 12.4 Å². The molecule has 2 aromatic rings. The Hall–Kier alpha value is -2.75. The summed E-state index contributed by atoms with van der Waals surface area (Å²) in [6.45, 7) is 1.63. The number of rotatable bonds is 2. The summed E-state index contributed by atoms with van der Waals surface area (Å²) < 4.78 is 39.7. The highest BCUT2D eigenvalue weighted by molar-refractivity contribution is 5.89. The molecule has 0 saturated heterocycles. The number of aryl methyl sites for hydroxylation is 1. The van der Waals surface area contributed by atoms with E-state index in [1.54, 1.807) is 19.1 Å². The van der Waals surface area contributed by atoms with E-state index >= 15 is 0 Å². The fourth-order valence-corrected chi connectivity index (χ4v) is 2.07. The van der Waals surface area contributed by atoms with Gasteiger partial charge in [-0.15, -0.1) is 0 Å². The van der Waals surface area contributed by atoms with Crippen molar-refractivity contribution in [3.63, 3.8) is 0 Å². The maximum Gasteiger partial charge on any atom is 0.418 e. The molecule has 108 valence electrons. The third kappa shape index (κ3) is 2.60. The van der Waals surface area contributed by atoms with Crippen molar-refractivity contribution in [1.82, 2.24) is 4.57 Å². The number of aromatic carboxylic acids is 1. The second kappa shape index (κ2) is 4.98. The minimum absolute atomic E-state index is 0.163. The Morgan fingerprint density at radius 1 is 1.33 bits per heavy atom. The fraction of sp³-hybridized carbons (Fsp3) is 0.143. The summed E-state index contributed by atoms with van der Waals surface area (Å²) >= 11 is 0. The van der Waals surface area contributed by atoms with Gasteiger partial charge in [-0.25, -0.2) is 4.79 Å². The van der Waals surface area contributed by atoms with Gasteiger partial charge in [0.05, 0.1) is 22.4 Å². The summed E-state index contributed by atoms with van der Waals surface area (Å²) in [6, 6.07) is 6.57. The van der Waals surface area contributed by atoms with Crippen molar-refractivity contribution in [2.75, 3.05) is 0 Å². The van der Waals surface area contributed by atoms with Gasteiger partial charge >= 0.3 is 12.1 Å². The number of halogens is 3. The van der Waals surface area contributed by atoms with E-state index in [0.29, 0.717) is 11.8 Å². The Bertz CT molecular complexity index is 755. The predicted octanol–water partition coefficient (Wildman–Crippen LogP) is 3.37. The molecule has 1 N–H and O–H groups in total. The molecule has 0 atom stereocenters. The number of carbonyl (C=O) groups is 1. The molecule has 0 radical (unpaired) electrons. The van der Waals surface area contributed by atoms with Gasteiger partial charge < -0.3 is 9.67 Å². The molecule has 21 heavy (non-hydrogen) atoms. The summed E-state index contributed by atoms with van der Waals surface area (Å²) in [6.07, 6.45) is -3.23. The van der Waals surface area contributed by atoms with E-state index in [1.165, 1.54) is 6.07 Å². The minimum Gasteiger partial charge on any atom is -0.478 e. The first-order chi connectivity index (χ1) is 9.75. The molecule has 7 heteroatoms. The number of aromatic nitrogens is 1. The molecule has 0 amide bonds. The second-order valence-corrected chi connectivity index (χ2v) is 4.38. The summed E-state index contributed by atoms with van der Waals surface area (Å²) in [5.41, 5.74) is -1.14. The lowest BCUT2D eigenvalue weighted by molar-refractivity contribution is -0.138. The molecule has 0 bridgehead atoms. The lowest BCUT2D eigenvalue weighted by atomic mass is 10.1. The van der Waals surface area contributed by atoms with Gasteiger partial charge in [-0.3, -0.25) is 0 Å². The first kappa shape index (κ1) is 14.7. The number of carboxylic acids is 1. The lowest BCUT2D eigenvalue weighted by Gasteiger charge is -2.09. The van der Waals surface area contributed by atoms with Crippen LogP contribution in [0, 0.1) is 18.3 Å². The Morgan fingerprint density at radius 2 is 2.00 bits per heavy atom. The van der Waals surface area contributed by atoms with Crippen LogP contribution in [0.4, 0.5) is 13.2 Å². The van der Waals surface area contributed by atoms with Crippen LogP contribution in [0.5, 0.6) is 0 Å². The second-order valence-electron chi connectivity index (χ2n) is 4.38. The first-order valence-corrected chi connectivity index (χ1v) is 5.78. The van der Waals surface area contributed by atoms with E-state index in [9.17, 15) is 18.0 Å². The number of hydrogen-bond donors (Lipinski definition) is 1. The molecule has 1 heterocycles. The topological polar surface area (TPSA) is 66.0 Å². The molecule has 4 nitrogen and oxygen atoms in total. The van der Waals surface area contributed by atoms with Crippen LogP contribution in [0.2, 0.25) is 0 Å². The van der Waals surface area contributed by atoms with E-state index in [4.69, 9.17) is 10.4 Å². The van der Waals surface area contributed by atoms with Crippen LogP contribution in [0.1, 0.15) is 27.0 Å². The SMILES string of the molecule is Cc1cccc(C#N)c1-n1cc(C(=O)O)c(C(F)(F)F)c1. The van der Waals surface area contributed by atoms with Gasteiger partial charge in [-0.1, -0.05) is 12.1 Å². The van der Waals surface area contributed by atoms with Crippen LogP contribution >= 0.6 is 0 Å². The molecular weight excluding hydrogens is 285 g/mol. The van der Waals surface area contributed by atoms with Crippen molar-refractivity contribution in [2.24, 2.45) is 0 Å². The average Bonchev–Trinajstić information content (AvgIpc) is 2.83. The van der Waals surface area contributed by atoms with Gasteiger partial charge in [-0.2, -0.15) is 18.4 Å². The fourth-order valence-electron chi connectivity index (χ4n) is 2.07. The summed E-state index contributed by atoms with van der Waals surface area (Å²) in [4.78, 5) is 11.0. The monoisotopic (exact) mass is 294 g/mol. The number of nitrogens with zero attached hydrogens (tertiary/aromatic N) is 2. The molecule has 0 fully saturated rings. The molecule has 0 spiro atoms. The quantitative estimate of drug-likeness (QED) is 0.923. The molecule has 1 aromatic carbocycles. The van der Waals surface area contributed by atoms with Crippen LogP contribution in [0.15, 0.2) is 30.6 Å². The third-order valence-electron chi connectivity index (χ3n) is 2.98. The van der Waals surface area contributed by atoms with Crippen LogP contribution in [0.25, 0.3) is 5.69 Å². The van der Waals surface area contributed by atoms with Gasteiger partial charge in [-0.05, 0) is 18.6 Å². The van der Waals surface area contributed by atoms with Crippen molar-refractivity contribution in [2.45, 2.75) is 13.1 Å². The van der Waals surface area contributed by atoms with Crippen LogP contribution in [-0.4, -0.2) is 15.6 Å². The van der Waals surface area contributed by atoms with Crippen LogP contribution < -0.4 is 0 Å². The van der Waals surface area contributed by atoms with E-state index in [2.05, 4.69) is 0 Å². The Labute approximate surface area is 117 Å². The highest BCUT2D eigenvalue weighted by Crippen LogP contribution is 2.34. The number of para-hydroxylation sites is 1. The van der Waals surface area contributed by atoms with Crippen molar-refractivity contribution in [1.29, 1.82) is 5.26 Å². The normalized spacial score (nSPS) is 11.2. The maximum atomic E-state index is 12.9. The standard InChI is InChI=1S/C14H9F3N2O2/c1-8-3-2-4-9(5-18)12(8)19-6-10(13(20)21)11(7-19)14(15,16)17/h2-4,6-7H,1H3,(H,20,21). The molecule has 1 aromatic heterocycles. The molecule has 0 unspecified atom stereocenters. The largest absolute Gasteiger partial charge is 0.478 e. The van der Waals surface area contributed by atoms with E-state index in [1.807, 2.05) is 6.07 Å². The van der Waals surface area contributed by atoms with E-state index in [-0.39, 0.29) is 11.3 Å². The zero-order valence-corrected chi connectivity index (χ0v) is 10.8.